The minimum Gasteiger partial charge on any atom is -0.481 e. The summed E-state index contributed by atoms with van der Waals surface area (Å²) in [5, 5.41) is 4.17. The summed E-state index contributed by atoms with van der Waals surface area (Å²) in [7, 11) is 0. The van der Waals surface area contributed by atoms with Crippen LogP contribution in [0.5, 0.6) is 5.75 Å². The van der Waals surface area contributed by atoms with Crippen LogP contribution in [0, 0.1) is 5.82 Å². The highest BCUT2D eigenvalue weighted by molar-refractivity contribution is 9.10. The fourth-order valence-electron chi connectivity index (χ4n) is 1.52. The summed E-state index contributed by atoms with van der Waals surface area (Å²) in [6, 6.07) is 4.25. The van der Waals surface area contributed by atoms with Gasteiger partial charge < -0.3 is 9.47 Å². The number of nitrogens with zero attached hydrogens (tertiary/aromatic N) is 1. The number of hydrogen-bond donors (Lipinski definition) is 1. The highest BCUT2D eigenvalue weighted by Gasteiger charge is 2.14. The van der Waals surface area contributed by atoms with Gasteiger partial charge in [0.15, 0.2) is 29.0 Å². The fourth-order valence-corrected chi connectivity index (χ4v) is 2.55. The van der Waals surface area contributed by atoms with Gasteiger partial charge in [0.05, 0.1) is 6.61 Å². The number of rotatable bonds is 6. The van der Waals surface area contributed by atoms with Gasteiger partial charge in [-0.15, -0.1) is 11.3 Å². The summed E-state index contributed by atoms with van der Waals surface area (Å²) >= 11 is 4.21. The van der Waals surface area contributed by atoms with E-state index in [0.717, 1.165) is 11.3 Å². The van der Waals surface area contributed by atoms with Crippen molar-refractivity contribution in [1.29, 1.82) is 0 Å². The van der Waals surface area contributed by atoms with Crippen LogP contribution in [-0.2, 0) is 9.53 Å². The lowest BCUT2D eigenvalue weighted by molar-refractivity contribution is -0.118. The molecule has 1 N–H and O–H groups in total. The summed E-state index contributed by atoms with van der Waals surface area (Å²) in [6.07, 6.45) is 0. The van der Waals surface area contributed by atoms with Gasteiger partial charge >= 0.3 is 5.97 Å². The maximum atomic E-state index is 13.5. The topological polar surface area (TPSA) is 77.5 Å². The molecule has 0 unspecified atom stereocenters. The molecule has 0 aliphatic heterocycles. The third-order valence-corrected chi connectivity index (χ3v) is 3.74. The van der Waals surface area contributed by atoms with Crippen LogP contribution in [0.1, 0.15) is 17.4 Å². The molecule has 1 amide bonds. The zero-order chi connectivity index (χ0) is 16.8. The molecule has 6 nitrogen and oxygen atoms in total. The standard InChI is InChI=1S/C14H12BrFN2O4S/c1-2-21-13(20)10-7-23-14(17-10)18-12(19)6-22-11-4-3-8(15)5-9(11)16/h3-5,7H,2,6H2,1H3,(H,17,18,19). The predicted molar refractivity (Wildman–Crippen MR) is 86.3 cm³/mol. The molecule has 23 heavy (non-hydrogen) atoms. The molecule has 0 aliphatic carbocycles. The lowest BCUT2D eigenvalue weighted by atomic mass is 10.3. The molecule has 0 fully saturated rings. The van der Waals surface area contributed by atoms with Crippen molar-refractivity contribution < 1.29 is 23.5 Å². The second-order valence-electron chi connectivity index (χ2n) is 4.17. The van der Waals surface area contributed by atoms with Crippen LogP contribution in [-0.4, -0.2) is 30.1 Å². The molecule has 0 bridgehead atoms. The summed E-state index contributed by atoms with van der Waals surface area (Å²) in [4.78, 5) is 27.1. The van der Waals surface area contributed by atoms with Crippen molar-refractivity contribution in [2.24, 2.45) is 0 Å². The molecule has 0 radical (unpaired) electrons. The van der Waals surface area contributed by atoms with Crippen molar-refractivity contribution in [3.05, 3.63) is 39.6 Å². The predicted octanol–water partition coefficient (Wildman–Crippen LogP) is 3.24. The number of carbonyl (C=O) groups excluding carboxylic acids is 2. The highest BCUT2D eigenvalue weighted by atomic mass is 79.9. The van der Waals surface area contributed by atoms with E-state index in [1.165, 1.54) is 17.5 Å². The normalized spacial score (nSPS) is 10.2. The number of ether oxygens (including phenoxy) is 2. The lowest BCUT2D eigenvalue weighted by Gasteiger charge is -2.07. The number of thiazole rings is 1. The second-order valence-corrected chi connectivity index (χ2v) is 5.94. The van der Waals surface area contributed by atoms with Crippen molar-refractivity contribution in [3.63, 3.8) is 0 Å². The first kappa shape index (κ1) is 17.4. The smallest absolute Gasteiger partial charge is 0.357 e. The Hall–Kier alpha value is -2.00. The van der Waals surface area contributed by atoms with E-state index < -0.39 is 17.7 Å². The minimum atomic E-state index is -0.578. The zero-order valence-electron chi connectivity index (χ0n) is 12.0. The number of esters is 1. The average molecular weight is 403 g/mol. The minimum absolute atomic E-state index is 0.0327. The lowest BCUT2D eigenvalue weighted by Crippen LogP contribution is -2.20. The van der Waals surface area contributed by atoms with Crippen LogP contribution >= 0.6 is 27.3 Å². The molecular formula is C14H12BrFN2O4S. The maximum absolute atomic E-state index is 13.5. The van der Waals surface area contributed by atoms with Gasteiger partial charge in [-0.2, -0.15) is 0 Å². The Morgan fingerprint density at radius 3 is 2.91 bits per heavy atom. The molecule has 0 spiro atoms. The number of amides is 1. The molecule has 2 aromatic rings. The quantitative estimate of drug-likeness (QED) is 0.750. The van der Waals surface area contributed by atoms with E-state index in [2.05, 4.69) is 26.2 Å². The Labute approximate surface area is 143 Å². The van der Waals surface area contributed by atoms with E-state index in [0.29, 0.717) is 4.47 Å². The number of carbonyl (C=O) groups is 2. The molecule has 1 aromatic heterocycles. The highest BCUT2D eigenvalue weighted by Crippen LogP contribution is 2.21. The second kappa shape index (κ2) is 8.02. The van der Waals surface area contributed by atoms with Crippen molar-refractivity contribution in [2.45, 2.75) is 6.92 Å². The van der Waals surface area contributed by atoms with E-state index >= 15 is 0 Å². The number of halogens is 2. The molecule has 2 rings (SSSR count). The van der Waals surface area contributed by atoms with Crippen LogP contribution in [0.3, 0.4) is 0 Å². The van der Waals surface area contributed by atoms with E-state index in [1.807, 2.05) is 0 Å². The van der Waals surface area contributed by atoms with Gasteiger partial charge in [0.25, 0.3) is 5.91 Å². The van der Waals surface area contributed by atoms with E-state index in [4.69, 9.17) is 9.47 Å². The SMILES string of the molecule is CCOC(=O)c1csc(NC(=O)COc2ccc(Br)cc2F)n1. The van der Waals surface area contributed by atoms with E-state index in [-0.39, 0.29) is 29.8 Å². The van der Waals surface area contributed by atoms with Gasteiger partial charge in [-0.25, -0.2) is 14.2 Å². The maximum Gasteiger partial charge on any atom is 0.357 e. The molecule has 0 saturated carbocycles. The van der Waals surface area contributed by atoms with Gasteiger partial charge in [0.1, 0.15) is 0 Å². The Bertz CT molecular complexity index is 723. The number of benzene rings is 1. The molecule has 122 valence electrons. The summed E-state index contributed by atoms with van der Waals surface area (Å²) < 4.78 is 24.0. The van der Waals surface area contributed by atoms with E-state index in [1.54, 1.807) is 13.0 Å². The Morgan fingerprint density at radius 1 is 1.43 bits per heavy atom. The van der Waals surface area contributed by atoms with E-state index in [9.17, 15) is 14.0 Å². The number of anilines is 1. The van der Waals surface area contributed by atoms with Gasteiger partial charge in [-0.05, 0) is 25.1 Å². The third-order valence-electron chi connectivity index (χ3n) is 2.49. The number of aromatic nitrogens is 1. The van der Waals surface area contributed by atoms with Gasteiger partial charge in [0.2, 0.25) is 0 Å². The van der Waals surface area contributed by atoms with Crippen molar-refractivity contribution in [3.8, 4) is 5.75 Å². The first-order valence-electron chi connectivity index (χ1n) is 6.50. The summed E-state index contributed by atoms with van der Waals surface area (Å²) in [5.41, 5.74) is 0.118. The number of nitrogens with one attached hydrogen (secondary N) is 1. The Kier molecular flexibility index (Phi) is 6.05. The van der Waals surface area contributed by atoms with Crippen molar-refractivity contribution in [1.82, 2.24) is 4.98 Å². The van der Waals surface area contributed by atoms with Crippen LogP contribution in [0.25, 0.3) is 0 Å². The average Bonchev–Trinajstić information content (AvgIpc) is 2.95. The molecule has 0 aliphatic rings. The van der Waals surface area contributed by atoms with Crippen LogP contribution in [0.15, 0.2) is 28.1 Å². The fraction of sp³-hybridized carbons (Fsp3) is 0.214. The monoisotopic (exact) mass is 402 g/mol. The van der Waals surface area contributed by atoms with Crippen LogP contribution in [0.4, 0.5) is 9.52 Å². The third kappa shape index (κ3) is 5.00. The van der Waals surface area contributed by atoms with Gasteiger partial charge in [-0.3, -0.25) is 10.1 Å². The molecule has 9 heteroatoms. The van der Waals surface area contributed by atoms with Gasteiger partial charge in [0, 0.05) is 9.85 Å². The molecule has 1 heterocycles. The number of hydrogen-bond acceptors (Lipinski definition) is 6. The molecule has 0 atom stereocenters. The summed E-state index contributed by atoms with van der Waals surface area (Å²) in [5.74, 6) is -1.68. The van der Waals surface area contributed by atoms with Crippen molar-refractivity contribution in [2.75, 3.05) is 18.5 Å². The first-order chi connectivity index (χ1) is 11.0. The molecule has 0 saturated heterocycles. The first-order valence-corrected chi connectivity index (χ1v) is 8.17. The van der Waals surface area contributed by atoms with Gasteiger partial charge in [-0.1, -0.05) is 15.9 Å². The molecule has 1 aromatic carbocycles. The van der Waals surface area contributed by atoms with Crippen LogP contribution in [0.2, 0.25) is 0 Å². The largest absolute Gasteiger partial charge is 0.481 e. The Balaban J connectivity index is 1.88. The van der Waals surface area contributed by atoms with Crippen LogP contribution < -0.4 is 10.1 Å². The molecular weight excluding hydrogens is 391 g/mol. The Morgan fingerprint density at radius 2 is 2.22 bits per heavy atom. The zero-order valence-corrected chi connectivity index (χ0v) is 14.4. The summed E-state index contributed by atoms with van der Waals surface area (Å²) in [6.45, 7) is 1.54. The van der Waals surface area contributed by atoms with Crippen molar-refractivity contribution >= 4 is 44.3 Å².